The summed E-state index contributed by atoms with van der Waals surface area (Å²) < 4.78 is 8.09. The van der Waals surface area contributed by atoms with Gasteiger partial charge in [-0.2, -0.15) is 0 Å². The number of carbonyl (C=O) groups excluding carboxylic acids is 2. The molecule has 0 spiro atoms. The molecule has 0 amide bonds. The van der Waals surface area contributed by atoms with Gasteiger partial charge in [-0.05, 0) is 93.8 Å². The number of aromatic nitrogens is 1. The summed E-state index contributed by atoms with van der Waals surface area (Å²) in [6.45, 7) is 9.89. The predicted octanol–water partition coefficient (Wildman–Crippen LogP) is 6.35. The Bertz CT molecular complexity index is 1370. The van der Waals surface area contributed by atoms with E-state index in [1.807, 2.05) is 69.0 Å². The van der Waals surface area contributed by atoms with Gasteiger partial charge in [0.2, 0.25) is 5.78 Å². The molecule has 2 heterocycles. The maximum atomic E-state index is 13.5. The van der Waals surface area contributed by atoms with Crippen LogP contribution in [0.25, 0.3) is 11.8 Å². The number of rotatable bonds is 4. The number of esters is 1. The summed E-state index contributed by atoms with van der Waals surface area (Å²) in [5.74, 6) is -0.962. The third kappa shape index (κ3) is 4.14. The zero-order valence-electron chi connectivity index (χ0n) is 20.2. The number of allylic oxidation sites excluding steroid dienone is 2. The van der Waals surface area contributed by atoms with Crippen molar-refractivity contribution in [2.75, 3.05) is 12.0 Å². The predicted molar refractivity (Wildman–Crippen MR) is 139 cm³/mol. The van der Waals surface area contributed by atoms with E-state index in [9.17, 15) is 9.59 Å². The van der Waals surface area contributed by atoms with Gasteiger partial charge < -0.3 is 14.2 Å². The van der Waals surface area contributed by atoms with E-state index in [-0.39, 0.29) is 11.4 Å². The van der Waals surface area contributed by atoms with Gasteiger partial charge in [-0.1, -0.05) is 28.1 Å². The molecule has 4 rings (SSSR count). The van der Waals surface area contributed by atoms with Crippen LogP contribution in [0.15, 0.2) is 70.0 Å². The molecule has 5 nitrogen and oxygen atoms in total. The van der Waals surface area contributed by atoms with Crippen LogP contribution >= 0.6 is 15.9 Å². The number of hydrogen-bond donors (Lipinski definition) is 0. The summed E-state index contributed by atoms with van der Waals surface area (Å²) in [6.07, 6.45) is 1.87. The molecule has 0 unspecified atom stereocenters. The fourth-order valence-electron chi connectivity index (χ4n) is 4.67. The van der Waals surface area contributed by atoms with Crippen molar-refractivity contribution in [3.8, 4) is 5.69 Å². The molecule has 0 saturated heterocycles. The first-order valence-corrected chi connectivity index (χ1v) is 11.8. The molecule has 174 valence electrons. The number of nitrogens with zero attached hydrogens (tertiary/aromatic N) is 2. The molecule has 6 heteroatoms. The lowest BCUT2D eigenvalue weighted by Gasteiger charge is -2.22. The highest BCUT2D eigenvalue weighted by Crippen LogP contribution is 2.37. The van der Waals surface area contributed by atoms with Crippen LogP contribution in [0.4, 0.5) is 5.69 Å². The quantitative estimate of drug-likeness (QED) is 0.229. The number of ketones is 1. The molecule has 0 atom stereocenters. The first-order chi connectivity index (χ1) is 16.1. The second-order valence-electron chi connectivity index (χ2n) is 8.63. The Morgan fingerprint density at radius 3 is 2.24 bits per heavy atom. The van der Waals surface area contributed by atoms with Crippen molar-refractivity contribution < 1.29 is 14.3 Å². The SMILES string of the molecule is COC(=O)C1=C(C)N(c2cc(C)cc(C)c2)/C(=C\c2cc(C)n(-c3cccc(Br)c3)c2C)C1=O. The molecule has 1 aromatic heterocycles. The summed E-state index contributed by atoms with van der Waals surface area (Å²) in [4.78, 5) is 27.9. The molecule has 0 aliphatic carbocycles. The minimum Gasteiger partial charge on any atom is -0.465 e. The molecular weight excluding hydrogens is 492 g/mol. The van der Waals surface area contributed by atoms with Crippen molar-refractivity contribution in [1.29, 1.82) is 0 Å². The number of aryl methyl sites for hydroxylation is 3. The van der Waals surface area contributed by atoms with Gasteiger partial charge in [-0.25, -0.2) is 4.79 Å². The van der Waals surface area contributed by atoms with E-state index in [0.29, 0.717) is 11.4 Å². The number of methoxy groups -OCH3 is 1. The van der Waals surface area contributed by atoms with Gasteiger partial charge in [-0.3, -0.25) is 4.79 Å². The van der Waals surface area contributed by atoms with Crippen molar-refractivity contribution >= 4 is 39.4 Å². The zero-order chi connectivity index (χ0) is 24.7. The fraction of sp³-hybridized carbons (Fsp3) is 0.214. The Kier molecular flexibility index (Phi) is 6.36. The van der Waals surface area contributed by atoms with E-state index >= 15 is 0 Å². The van der Waals surface area contributed by atoms with Crippen molar-refractivity contribution in [2.24, 2.45) is 0 Å². The molecule has 0 radical (unpaired) electrons. The van der Waals surface area contributed by atoms with Crippen LogP contribution in [0.2, 0.25) is 0 Å². The van der Waals surface area contributed by atoms with Crippen LogP contribution in [-0.4, -0.2) is 23.4 Å². The molecule has 0 N–H and O–H groups in total. The number of carbonyl (C=O) groups is 2. The van der Waals surface area contributed by atoms with Gasteiger partial charge in [0.1, 0.15) is 5.57 Å². The number of benzene rings is 2. The van der Waals surface area contributed by atoms with Crippen LogP contribution in [0, 0.1) is 27.7 Å². The Morgan fingerprint density at radius 1 is 0.941 bits per heavy atom. The Balaban J connectivity index is 1.90. The highest BCUT2D eigenvalue weighted by molar-refractivity contribution is 9.10. The van der Waals surface area contributed by atoms with E-state index in [1.54, 1.807) is 6.92 Å². The van der Waals surface area contributed by atoms with Crippen LogP contribution in [0.3, 0.4) is 0 Å². The Morgan fingerprint density at radius 2 is 1.62 bits per heavy atom. The number of anilines is 1. The van der Waals surface area contributed by atoms with Gasteiger partial charge in [0.05, 0.1) is 12.8 Å². The minimum atomic E-state index is -0.625. The summed E-state index contributed by atoms with van der Waals surface area (Å²) in [6, 6.07) is 16.3. The maximum absolute atomic E-state index is 13.5. The number of hydrogen-bond acceptors (Lipinski definition) is 4. The Hall–Kier alpha value is -3.38. The molecular formula is C28H27BrN2O3. The van der Waals surface area contributed by atoms with E-state index in [4.69, 9.17) is 4.74 Å². The number of halogens is 1. The average molecular weight is 519 g/mol. The van der Waals surface area contributed by atoms with Crippen LogP contribution in [0.5, 0.6) is 0 Å². The van der Waals surface area contributed by atoms with Gasteiger partial charge in [0, 0.05) is 32.9 Å². The standard InChI is InChI=1S/C28H27BrN2O3/c1-16-10-17(2)12-24(11-16)31-20(5)26(28(33)34-6)27(32)25(31)14-21-13-18(3)30(19(21)4)23-9-7-8-22(29)15-23/h7-15H,1-6H3/b25-14-. The molecule has 0 saturated carbocycles. The van der Waals surface area contributed by atoms with E-state index < -0.39 is 5.97 Å². The Labute approximate surface area is 208 Å². The number of ether oxygens (including phenoxy) is 1. The molecule has 1 aliphatic rings. The van der Waals surface area contributed by atoms with Gasteiger partial charge in [0.15, 0.2) is 0 Å². The summed E-state index contributed by atoms with van der Waals surface area (Å²) in [5, 5.41) is 0. The van der Waals surface area contributed by atoms with Crippen molar-refractivity contribution in [2.45, 2.75) is 34.6 Å². The van der Waals surface area contributed by atoms with Gasteiger partial charge in [-0.15, -0.1) is 0 Å². The highest BCUT2D eigenvalue weighted by Gasteiger charge is 2.38. The monoisotopic (exact) mass is 518 g/mol. The second-order valence-corrected chi connectivity index (χ2v) is 9.55. The van der Waals surface area contributed by atoms with E-state index in [0.717, 1.165) is 43.9 Å². The van der Waals surface area contributed by atoms with Crippen molar-refractivity contribution in [1.82, 2.24) is 4.57 Å². The van der Waals surface area contributed by atoms with Crippen LogP contribution in [0.1, 0.15) is 35.0 Å². The van der Waals surface area contributed by atoms with Crippen molar-refractivity contribution in [3.05, 3.63) is 98.0 Å². The maximum Gasteiger partial charge on any atom is 0.343 e. The highest BCUT2D eigenvalue weighted by atomic mass is 79.9. The third-order valence-corrected chi connectivity index (χ3v) is 6.57. The van der Waals surface area contributed by atoms with Crippen LogP contribution < -0.4 is 4.90 Å². The summed E-state index contributed by atoms with van der Waals surface area (Å²) in [5.41, 5.74) is 8.04. The van der Waals surface area contributed by atoms with E-state index in [2.05, 4.69) is 38.7 Å². The number of Topliss-reactive ketones (excluding diaryl/α,β-unsaturated/α-hetero) is 1. The topological polar surface area (TPSA) is 51.5 Å². The fourth-order valence-corrected chi connectivity index (χ4v) is 5.05. The third-order valence-electron chi connectivity index (χ3n) is 6.08. The summed E-state index contributed by atoms with van der Waals surface area (Å²) in [7, 11) is 1.30. The normalized spacial score (nSPS) is 15.0. The lowest BCUT2D eigenvalue weighted by molar-refractivity contribution is -0.137. The molecule has 0 bridgehead atoms. The zero-order valence-corrected chi connectivity index (χ0v) is 21.8. The first-order valence-electron chi connectivity index (χ1n) is 11.0. The molecule has 2 aromatic carbocycles. The minimum absolute atomic E-state index is 0.0636. The van der Waals surface area contributed by atoms with Crippen molar-refractivity contribution in [3.63, 3.8) is 0 Å². The molecule has 1 aliphatic heterocycles. The average Bonchev–Trinajstić information content (AvgIpc) is 3.18. The lowest BCUT2D eigenvalue weighted by Crippen LogP contribution is -2.18. The van der Waals surface area contributed by atoms with Gasteiger partial charge in [0.25, 0.3) is 0 Å². The first kappa shape index (κ1) is 23.8. The largest absolute Gasteiger partial charge is 0.465 e. The van der Waals surface area contributed by atoms with Gasteiger partial charge >= 0.3 is 5.97 Å². The summed E-state index contributed by atoms with van der Waals surface area (Å²) >= 11 is 3.55. The second kappa shape index (κ2) is 9.11. The molecule has 3 aromatic rings. The lowest BCUT2D eigenvalue weighted by atomic mass is 10.1. The smallest absolute Gasteiger partial charge is 0.343 e. The molecule has 34 heavy (non-hydrogen) atoms. The van der Waals surface area contributed by atoms with Crippen LogP contribution in [-0.2, 0) is 14.3 Å². The molecule has 0 fully saturated rings. The van der Waals surface area contributed by atoms with E-state index in [1.165, 1.54) is 7.11 Å².